The molecule has 0 bridgehead atoms. The minimum absolute atomic E-state index is 0.0405. The van der Waals surface area contributed by atoms with Crippen LogP contribution in [0.25, 0.3) is 10.9 Å². The lowest BCUT2D eigenvalue weighted by atomic mass is 10.2. The first kappa shape index (κ1) is 16.1. The quantitative estimate of drug-likeness (QED) is 0.633. The Bertz CT molecular complexity index is 1000. The van der Waals surface area contributed by atoms with Crippen molar-refractivity contribution in [3.05, 3.63) is 64.3 Å². The molecule has 0 aliphatic rings. The number of hydrogen-bond donors (Lipinski definition) is 0. The van der Waals surface area contributed by atoms with E-state index in [4.69, 9.17) is 27.4 Å². The van der Waals surface area contributed by atoms with Crippen molar-refractivity contribution in [2.75, 3.05) is 0 Å². The van der Waals surface area contributed by atoms with E-state index in [1.54, 1.807) is 12.1 Å². The van der Waals surface area contributed by atoms with E-state index in [0.29, 0.717) is 5.52 Å². The molecule has 0 N–H and O–H groups in total. The van der Waals surface area contributed by atoms with Crippen molar-refractivity contribution in [3.8, 4) is 5.75 Å². The third-order valence-electron chi connectivity index (χ3n) is 3.18. The first-order chi connectivity index (χ1) is 10.9. The number of benzene rings is 2. The molecule has 1 heterocycles. The van der Waals surface area contributed by atoms with Crippen LogP contribution in [0.1, 0.15) is 5.69 Å². The van der Waals surface area contributed by atoms with Crippen LogP contribution in [0.15, 0.2) is 53.4 Å². The molecule has 3 rings (SSSR count). The van der Waals surface area contributed by atoms with Crippen molar-refractivity contribution in [1.29, 1.82) is 0 Å². The molecule has 7 heteroatoms. The van der Waals surface area contributed by atoms with Crippen LogP contribution < -0.4 is 4.18 Å². The molecule has 0 spiro atoms. The van der Waals surface area contributed by atoms with Crippen LogP contribution in [0.5, 0.6) is 5.75 Å². The second-order valence-electron chi connectivity index (χ2n) is 4.89. The summed E-state index contributed by atoms with van der Waals surface area (Å²) in [4.78, 5) is 4.16. The van der Waals surface area contributed by atoms with Gasteiger partial charge in [0, 0.05) is 16.1 Å². The number of halogens is 2. The predicted molar refractivity (Wildman–Crippen MR) is 90.8 cm³/mol. The zero-order valence-corrected chi connectivity index (χ0v) is 14.3. The Hall–Kier alpha value is -1.82. The number of rotatable bonds is 3. The normalized spacial score (nSPS) is 11.6. The lowest BCUT2D eigenvalue weighted by Gasteiger charge is -2.10. The molecular weight excluding hydrogens is 357 g/mol. The zero-order valence-electron chi connectivity index (χ0n) is 12.0. The van der Waals surface area contributed by atoms with Gasteiger partial charge in [0.1, 0.15) is 10.4 Å². The molecule has 1 aromatic heterocycles. The van der Waals surface area contributed by atoms with Gasteiger partial charge in [-0.3, -0.25) is 0 Å². The SMILES string of the molecule is Cc1ccc2cccc(OS(=O)(=O)c3cc(Cl)ccc3Cl)c2n1. The summed E-state index contributed by atoms with van der Waals surface area (Å²) in [7, 11) is -4.13. The molecule has 0 saturated heterocycles. The Morgan fingerprint density at radius 1 is 1.04 bits per heavy atom. The van der Waals surface area contributed by atoms with Crippen molar-refractivity contribution in [2.24, 2.45) is 0 Å². The van der Waals surface area contributed by atoms with E-state index in [1.807, 2.05) is 25.1 Å². The summed E-state index contributed by atoms with van der Waals surface area (Å²) in [5, 5.41) is 1.07. The van der Waals surface area contributed by atoms with Gasteiger partial charge in [0.2, 0.25) is 0 Å². The number of aromatic nitrogens is 1. The summed E-state index contributed by atoms with van der Waals surface area (Å²) in [6.45, 7) is 1.82. The van der Waals surface area contributed by atoms with E-state index >= 15 is 0 Å². The van der Waals surface area contributed by atoms with Gasteiger partial charge < -0.3 is 4.18 Å². The summed E-state index contributed by atoms with van der Waals surface area (Å²) in [6, 6.07) is 12.9. The van der Waals surface area contributed by atoms with Gasteiger partial charge in [0.15, 0.2) is 5.75 Å². The lowest BCUT2D eigenvalue weighted by molar-refractivity contribution is 0.488. The molecule has 23 heavy (non-hydrogen) atoms. The number of hydrogen-bond acceptors (Lipinski definition) is 4. The van der Waals surface area contributed by atoms with Crippen LogP contribution in [0.4, 0.5) is 0 Å². The maximum Gasteiger partial charge on any atom is 0.340 e. The van der Waals surface area contributed by atoms with Gasteiger partial charge >= 0.3 is 10.1 Å². The zero-order chi connectivity index (χ0) is 16.6. The molecule has 0 atom stereocenters. The molecule has 0 aliphatic heterocycles. The topological polar surface area (TPSA) is 56.3 Å². The second-order valence-corrected chi connectivity index (χ2v) is 7.25. The van der Waals surface area contributed by atoms with Crippen LogP contribution in [0, 0.1) is 6.92 Å². The Morgan fingerprint density at radius 2 is 1.83 bits per heavy atom. The van der Waals surface area contributed by atoms with Crippen molar-refractivity contribution in [1.82, 2.24) is 4.98 Å². The maximum atomic E-state index is 12.5. The summed E-state index contributed by atoms with van der Waals surface area (Å²) in [5.41, 5.74) is 1.22. The van der Waals surface area contributed by atoms with Crippen molar-refractivity contribution >= 4 is 44.2 Å². The average Bonchev–Trinajstić information content (AvgIpc) is 2.50. The molecule has 0 saturated carbocycles. The molecule has 0 radical (unpaired) electrons. The van der Waals surface area contributed by atoms with Gasteiger partial charge in [-0.1, -0.05) is 41.4 Å². The van der Waals surface area contributed by atoms with E-state index in [0.717, 1.165) is 11.1 Å². The predicted octanol–water partition coefficient (Wildman–Crippen LogP) is 4.62. The molecule has 2 aromatic carbocycles. The van der Waals surface area contributed by atoms with E-state index < -0.39 is 10.1 Å². The van der Waals surface area contributed by atoms with Gasteiger partial charge in [-0.15, -0.1) is 0 Å². The van der Waals surface area contributed by atoms with E-state index in [-0.39, 0.29) is 20.7 Å². The van der Waals surface area contributed by atoms with Crippen molar-refractivity contribution < 1.29 is 12.6 Å². The highest BCUT2D eigenvalue weighted by atomic mass is 35.5. The van der Waals surface area contributed by atoms with Gasteiger partial charge in [0.25, 0.3) is 0 Å². The van der Waals surface area contributed by atoms with Gasteiger partial charge in [-0.05, 0) is 37.3 Å². The number of aryl methyl sites for hydroxylation is 1. The highest BCUT2D eigenvalue weighted by Gasteiger charge is 2.22. The molecule has 0 fully saturated rings. The lowest BCUT2D eigenvalue weighted by Crippen LogP contribution is -2.11. The fourth-order valence-corrected chi connectivity index (χ4v) is 3.79. The fraction of sp³-hybridized carbons (Fsp3) is 0.0625. The smallest absolute Gasteiger partial charge is 0.340 e. The first-order valence-corrected chi connectivity index (χ1v) is 8.79. The Balaban J connectivity index is 2.11. The fourth-order valence-electron chi connectivity index (χ4n) is 2.12. The van der Waals surface area contributed by atoms with Gasteiger partial charge in [-0.2, -0.15) is 8.42 Å². The third-order valence-corrected chi connectivity index (χ3v) is 5.14. The average molecular weight is 368 g/mol. The number of nitrogens with zero attached hydrogens (tertiary/aromatic N) is 1. The summed E-state index contributed by atoms with van der Waals surface area (Å²) >= 11 is 11.8. The van der Waals surface area contributed by atoms with Gasteiger partial charge in [-0.25, -0.2) is 4.98 Å². The van der Waals surface area contributed by atoms with E-state index in [1.165, 1.54) is 18.2 Å². The third kappa shape index (κ3) is 3.27. The molecular formula is C16H11Cl2NO3S. The Kier molecular flexibility index (Phi) is 4.19. The number of para-hydroxylation sites is 1. The van der Waals surface area contributed by atoms with Crippen LogP contribution in [0.3, 0.4) is 0 Å². The molecule has 118 valence electrons. The maximum absolute atomic E-state index is 12.5. The highest BCUT2D eigenvalue weighted by Crippen LogP contribution is 2.30. The highest BCUT2D eigenvalue weighted by molar-refractivity contribution is 7.87. The molecule has 3 aromatic rings. The minimum Gasteiger partial charge on any atom is -0.377 e. The number of fused-ring (bicyclic) bond motifs is 1. The van der Waals surface area contributed by atoms with Crippen LogP contribution >= 0.6 is 23.2 Å². The Morgan fingerprint density at radius 3 is 2.61 bits per heavy atom. The first-order valence-electron chi connectivity index (χ1n) is 6.63. The largest absolute Gasteiger partial charge is 0.377 e. The molecule has 0 aliphatic carbocycles. The Labute approximate surface area is 143 Å². The minimum atomic E-state index is -4.13. The van der Waals surface area contributed by atoms with E-state index in [9.17, 15) is 8.42 Å². The van der Waals surface area contributed by atoms with Crippen LogP contribution in [-0.2, 0) is 10.1 Å². The summed E-state index contributed by atoms with van der Waals surface area (Å²) < 4.78 is 30.3. The molecule has 0 unspecified atom stereocenters. The standard InChI is InChI=1S/C16H11Cl2NO3S/c1-10-5-6-11-3-2-4-14(16(11)19-10)22-23(20,21)15-9-12(17)7-8-13(15)18/h2-9H,1H3. The van der Waals surface area contributed by atoms with Gasteiger partial charge in [0.05, 0.1) is 5.02 Å². The molecule has 0 amide bonds. The second kappa shape index (κ2) is 6.00. The monoisotopic (exact) mass is 367 g/mol. The van der Waals surface area contributed by atoms with Crippen LogP contribution in [0.2, 0.25) is 10.0 Å². The summed E-state index contributed by atoms with van der Waals surface area (Å²) in [6.07, 6.45) is 0. The van der Waals surface area contributed by atoms with Crippen molar-refractivity contribution in [2.45, 2.75) is 11.8 Å². The molecule has 4 nitrogen and oxygen atoms in total. The summed E-state index contributed by atoms with van der Waals surface area (Å²) in [5.74, 6) is 0.141. The van der Waals surface area contributed by atoms with E-state index in [2.05, 4.69) is 4.98 Å². The number of pyridine rings is 1. The van der Waals surface area contributed by atoms with Crippen molar-refractivity contribution in [3.63, 3.8) is 0 Å². The van der Waals surface area contributed by atoms with Crippen LogP contribution in [-0.4, -0.2) is 13.4 Å².